The minimum atomic E-state index is -0.793. The van der Waals surface area contributed by atoms with E-state index in [1.165, 1.54) is 0 Å². The predicted octanol–water partition coefficient (Wildman–Crippen LogP) is 3.43. The smallest absolute Gasteiger partial charge is 0.241 e. The van der Waals surface area contributed by atoms with Gasteiger partial charge < -0.3 is 10.2 Å². The fourth-order valence-electron chi connectivity index (χ4n) is 2.31. The first-order valence-electron chi connectivity index (χ1n) is 6.74. The standard InChI is InChI=1S/C14H17ClF2N2O/c15-11-7-10(16)8-12(17)14(11)18-9-13(20)19-5-3-1-2-4-6-19/h7-8,18H,1-6,9H2. The van der Waals surface area contributed by atoms with Crippen LogP contribution in [-0.2, 0) is 4.79 Å². The first-order valence-corrected chi connectivity index (χ1v) is 7.12. The third kappa shape index (κ3) is 3.82. The van der Waals surface area contributed by atoms with E-state index in [0.29, 0.717) is 0 Å². The third-order valence-electron chi connectivity index (χ3n) is 3.38. The molecule has 0 aromatic heterocycles. The zero-order valence-electron chi connectivity index (χ0n) is 11.1. The Balaban J connectivity index is 1.96. The number of halogens is 3. The lowest BCUT2D eigenvalue weighted by molar-refractivity contribution is -0.129. The Labute approximate surface area is 121 Å². The van der Waals surface area contributed by atoms with Gasteiger partial charge in [-0.1, -0.05) is 24.4 Å². The summed E-state index contributed by atoms with van der Waals surface area (Å²) in [7, 11) is 0. The van der Waals surface area contributed by atoms with E-state index in [-0.39, 0.29) is 23.2 Å². The van der Waals surface area contributed by atoms with Gasteiger partial charge in [-0.25, -0.2) is 8.78 Å². The number of carbonyl (C=O) groups excluding carboxylic acids is 1. The van der Waals surface area contributed by atoms with Crippen molar-refractivity contribution in [1.29, 1.82) is 0 Å². The zero-order chi connectivity index (χ0) is 14.5. The fourth-order valence-corrected chi connectivity index (χ4v) is 2.57. The quantitative estimate of drug-likeness (QED) is 0.928. The van der Waals surface area contributed by atoms with Crippen molar-refractivity contribution in [2.75, 3.05) is 25.0 Å². The molecule has 3 nitrogen and oxygen atoms in total. The number of hydrogen-bond acceptors (Lipinski definition) is 2. The summed E-state index contributed by atoms with van der Waals surface area (Å²) in [6.07, 6.45) is 4.26. The maximum atomic E-state index is 13.6. The lowest BCUT2D eigenvalue weighted by Gasteiger charge is -2.21. The minimum Gasteiger partial charge on any atom is -0.373 e. The summed E-state index contributed by atoms with van der Waals surface area (Å²) in [6.45, 7) is 1.43. The van der Waals surface area contributed by atoms with Crippen molar-refractivity contribution >= 4 is 23.2 Å². The third-order valence-corrected chi connectivity index (χ3v) is 3.68. The monoisotopic (exact) mass is 302 g/mol. The van der Waals surface area contributed by atoms with E-state index in [1.54, 1.807) is 4.90 Å². The molecule has 1 aromatic carbocycles. The molecule has 1 aliphatic heterocycles. The molecule has 1 aromatic rings. The highest BCUT2D eigenvalue weighted by atomic mass is 35.5. The van der Waals surface area contributed by atoms with Crippen LogP contribution in [0.3, 0.4) is 0 Å². The van der Waals surface area contributed by atoms with E-state index >= 15 is 0 Å². The summed E-state index contributed by atoms with van der Waals surface area (Å²) in [5.41, 5.74) is -0.0313. The number of anilines is 1. The number of hydrogen-bond donors (Lipinski definition) is 1. The van der Waals surface area contributed by atoms with Crippen molar-refractivity contribution in [3.8, 4) is 0 Å². The highest BCUT2D eigenvalue weighted by molar-refractivity contribution is 6.33. The number of rotatable bonds is 3. The van der Waals surface area contributed by atoms with Crippen LogP contribution in [0.15, 0.2) is 12.1 Å². The minimum absolute atomic E-state index is 0.0313. The van der Waals surface area contributed by atoms with Crippen LogP contribution in [0.1, 0.15) is 25.7 Å². The summed E-state index contributed by atoms with van der Waals surface area (Å²) in [6, 6.07) is 1.76. The molecule has 0 atom stereocenters. The van der Waals surface area contributed by atoms with Gasteiger partial charge in [0.05, 0.1) is 17.3 Å². The van der Waals surface area contributed by atoms with Crippen molar-refractivity contribution in [2.24, 2.45) is 0 Å². The second kappa shape index (κ2) is 6.88. The molecule has 0 bridgehead atoms. The van der Waals surface area contributed by atoms with Gasteiger partial charge >= 0.3 is 0 Å². The van der Waals surface area contributed by atoms with Gasteiger partial charge in [0, 0.05) is 19.2 Å². The van der Waals surface area contributed by atoms with Crippen LogP contribution in [0.2, 0.25) is 5.02 Å². The van der Waals surface area contributed by atoms with Gasteiger partial charge in [0.25, 0.3) is 0 Å². The van der Waals surface area contributed by atoms with Gasteiger partial charge in [0.2, 0.25) is 5.91 Å². The van der Waals surface area contributed by atoms with Gasteiger partial charge in [0.1, 0.15) is 5.82 Å². The van der Waals surface area contributed by atoms with Crippen molar-refractivity contribution < 1.29 is 13.6 Å². The molecule has 1 amide bonds. The SMILES string of the molecule is O=C(CNc1c(F)cc(F)cc1Cl)N1CCCCCC1. The molecule has 20 heavy (non-hydrogen) atoms. The van der Waals surface area contributed by atoms with Crippen molar-refractivity contribution in [1.82, 2.24) is 4.90 Å². The average Bonchev–Trinajstić information content (AvgIpc) is 2.66. The van der Waals surface area contributed by atoms with Crippen LogP contribution in [0.5, 0.6) is 0 Å². The summed E-state index contributed by atoms with van der Waals surface area (Å²) in [4.78, 5) is 13.8. The highest BCUT2D eigenvalue weighted by Gasteiger charge is 2.17. The van der Waals surface area contributed by atoms with Crippen LogP contribution in [0.25, 0.3) is 0 Å². The first kappa shape index (κ1) is 15.0. The van der Waals surface area contributed by atoms with Gasteiger partial charge in [-0.3, -0.25) is 4.79 Å². The van der Waals surface area contributed by atoms with E-state index in [2.05, 4.69) is 5.32 Å². The van der Waals surface area contributed by atoms with E-state index in [1.807, 2.05) is 0 Å². The Kier molecular flexibility index (Phi) is 5.17. The van der Waals surface area contributed by atoms with Crippen LogP contribution in [-0.4, -0.2) is 30.4 Å². The Morgan fingerprint density at radius 3 is 2.45 bits per heavy atom. The summed E-state index contributed by atoms with van der Waals surface area (Å²) in [5, 5.41) is 2.60. The number of amides is 1. The number of likely N-dealkylation sites (tertiary alicyclic amines) is 1. The topological polar surface area (TPSA) is 32.3 Å². The molecule has 0 unspecified atom stereocenters. The van der Waals surface area contributed by atoms with Gasteiger partial charge in [-0.05, 0) is 18.9 Å². The van der Waals surface area contributed by atoms with Crippen LogP contribution >= 0.6 is 11.6 Å². The van der Waals surface area contributed by atoms with E-state index in [4.69, 9.17) is 11.6 Å². The molecule has 0 saturated carbocycles. The second-order valence-electron chi connectivity index (χ2n) is 4.89. The van der Waals surface area contributed by atoms with Gasteiger partial charge in [-0.2, -0.15) is 0 Å². The van der Waals surface area contributed by atoms with Crippen molar-refractivity contribution in [3.05, 3.63) is 28.8 Å². The first-order chi connectivity index (χ1) is 9.58. The molecule has 0 radical (unpaired) electrons. The molecule has 1 N–H and O–H groups in total. The summed E-state index contributed by atoms with van der Waals surface area (Å²) < 4.78 is 26.5. The molecule has 1 fully saturated rings. The normalized spacial score (nSPS) is 15.8. The molecule has 110 valence electrons. The molecule has 0 aliphatic carbocycles. The van der Waals surface area contributed by atoms with Crippen molar-refractivity contribution in [2.45, 2.75) is 25.7 Å². The molecular formula is C14H17ClF2N2O. The fraction of sp³-hybridized carbons (Fsp3) is 0.500. The van der Waals surface area contributed by atoms with Crippen molar-refractivity contribution in [3.63, 3.8) is 0 Å². The van der Waals surface area contributed by atoms with E-state index in [9.17, 15) is 13.6 Å². The molecule has 1 aliphatic rings. The largest absolute Gasteiger partial charge is 0.373 e. The maximum Gasteiger partial charge on any atom is 0.241 e. The van der Waals surface area contributed by atoms with Crippen LogP contribution in [0.4, 0.5) is 14.5 Å². The molecule has 6 heteroatoms. The van der Waals surface area contributed by atoms with E-state index < -0.39 is 11.6 Å². The molecule has 0 spiro atoms. The molecule has 1 saturated heterocycles. The average molecular weight is 303 g/mol. The second-order valence-corrected chi connectivity index (χ2v) is 5.30. The Morgan fingerprint density at radius 1 is 1.20 bits per heavy atom. The number of carbonyl (C=O) groups is 1. The van der Waals surface area contributed by atoms with Crippen LogP contribution in [0, 0.1) is 11.6 Å². The number of nitrogens with one attached hydrogen (secondary N) is 1. The number of benzene rings is 1. The maximum absolute atomic E-state index is 13.6. The molecule has 1 heterocycles. The zero-order valence-corrected chi connectivity index (χ0v) is 11.8. The van der Waals surface area contributed by atoms with E-state index in [0.717, 1.165) is 50.9 Å². The Morgan fingerprint density at radius 2 is 1.85 bits per heavy atom. The molecular weight excluding hydrogens is 286 g/mol. The van der Waals surface area contributed by atoms with Crippen LogP contribution < -0.4 is 5.32 Å². The van der Waals surface area contributed by atoms with Gasteiger partial charge in [-0.15, -0.1) is 0 Å². The molecule has 2 rings (SSSR count). The summed E-state index contributed by atoms with van der Waals surface area (Å²) >= 11 is 5.76. The Hall–Kier alpha value is -1.36. The summed E-state index contributed by atoms with van der Waals surface area (Å²) in [5.74, 6) is -1.62. The highest BCUT2D eigenvalue weighted by Crippen LogP contribution is 2.26. The number of nitrogens with zero attached hydrogens (tertiary/aromatic N) is 1. The lowest BCUT2D eigenvalue weighted by Crippen LogP contribution is -2.36. The predicted molar refractivity (Wildman–Crippen MR) is 74.9 cm³/mol. The lowest BCUT2D eigenvalue weighted by atomic mass is 10.2. The van der Waals surface area contributed by atoms with Gasteiger partial charge in [0.15, 0.2) is 5.82 Å². The Bertz CT molecular complexity index is 465.